The van der Waals surface area contributed by atoms with Crippen LogP contribution < -0.4 is 0 Å². The molecule has 0 fully saturated rings. The normalized spacial score (nSPS) is 9.89. The third-order valence-corrected chi connectivity index (χ3v) is 2.78. The Kier molecular flexibility index (Phi) is 3.52. The van der Waals surface area contributed by atoms with Gasteiger partial charge in [0.2, 0.25) is 0 Å². The summed E-state index contributed by atoms with van der Waals surface area (Å²) in [7, 11) is 0. The predicted octanol–water partition coefficient (Wildman–Crippen LogP) is 2.61. The summed E-state index contributed by atoms with van der Waals surface area (Å²) in [4.78, 5) is 22.1. The number of benzene rings is 2. The Morgan fingerprint density at radius 3 is 2.05 bits per heavy atom. The second kappa shape index (κ2) is 5.27. The van der Waals surface area contributed by atoms with Crippen molar-refractivity contribution in [3.8, 4) is 0 Å². The van der Waals surface area contributed by atoms with E-state index in [-0.39, 0.29) is 11.3 Å². The first kappa shape index (κ1) is 12.7. The molecule has 0 aromatic heterocycles. The molecule has 2 aromatic carbocycles. The molecule has 2 N–H and O–H groups in total. The van der Waals surface area contributed by atoms with E-state index in [1.54, 1.807) is 42.5 Å². The summed E-state index contributed by atoms with van der Waals surface area (Å²) in [5, 5.41) is 17.2. The highest BCUT2D eigenvalue weighted by Crippen LogP contribution is 2.17. The van der Waals surface area contributed by atoms with Gasteiger partial charge in [-0.05, 0) is 6.07 Å². The second-order valence-corrected chi connectivity index (χ2v) is 3.93. The van der Waals surface area contributed by atoms with Gasteiger partial charge in [-0.3, -0.25) is 10.2 Å². The third-order valence-electron chi connectivity index (χ3n) is 2.78. The van der Waals surface area contributed by atoms with Crippen LogP contribution in [-0.4, -0.2) is 23.1 Å². The zero-order valence-electron chi connectivity index (χ0n) is 9.96. The zero-order valence-corrected chi connectivity index (χ0v) is 9.96. The largest absolute Gasteiger partial charge is 0.478 e. The molecule has 0 saturated heterocycles. The van der Waals surface area contributed by atoms with E-state index in [1.165, 1.54) is 6.07 Å². The average Bonchev–Trinajstić information content (AvgIpc) is 2.46. The lowest BCUT2D eigenvalue weighted by Crippen LogP contribution is -2.11. The number of hydrogen-bond donors (Lipinski definition) is 2. The number of carbonyl (C=O) groups is 2. The van der Waals surface area contributed by atoms with Gasteiger partial charge in [0.25, 0.3) is 0 Å². The van der Waals surface area contributed by atoms with Gasteiger partial charge in [0.15, 0.2) is 6.29 Å². The van der Waals surface area contributed by atoms with E-state index in [2.05, 4.69) is 0 Å². The van der Waals surface area contributed by atoms with Crippen LogP contribution in [0.3, 0.4) is 0 Å². The van der Waals surface area contributed by atoms with Crippen LogP contribution in [0.1, 0.15) is 31.8 Å². The van der Waals surface area contributed by atoms with Gasteiger partial charge in [0, 0.05) is 16.7 Å². The highest BCUT2D eigenvalue weighted by molar-refractivity contribution is 6.18. The SMILES string of the molecule is N=C(c1ccccc1C=O)c1ccccc1C(=O)O. The average molecular weight is 253 g/mol. The fourth-order valence-corrected chi connectivity index (χ4v) is 1.86. The Morgan fingerprint density at radius 1 is 0.947 bits per heavy atom. The molecule has 0 radical (unpaired) electrons. The zero-order chi connectivity index (χ0) is 13.8. The topological polar surface area (TPSA) is 78.2 Å². The number of aldehydes is 1. The van der Waals surface area contributed by atoms with E-state index >= 15 is 0 Å². The van der Waals surface area contributed by atoms with E-state index < -0.39 is 5.97 Å². The van der Waals surface area contributed by atoms with Gasteiger partial charge in [-0.25, -0.2) is 4.79 Å². The van der Waals surface area contributed by atoms with E-state index in [0.29, 0.717) is 23.0 Å². The Morgan fingerprint density at radius 2 is 1.47 bits per heavy atom. The van der Waals surface area contributed by atoms with Crippen molar-refractivity contribution in [2.45, 2.75) is 0 Å². The van der Waals surface area contributed by atoms with Gasteiger partial charge in [-0.15, -0.1) is 0 Å². The summed E-state index contributed by atoms with van der Waals surface area (Å²) in [6, 6.07) is 12.9. The molecule has 19 heavy (non-hydrogen) atoms. The van der Waals surface area contributed by atoms with Crippen molar-refractivity contribution in [3.63, 3.8) is 0 Å². The van der Waals surface area contributed by atoms with Crippen molar-refractivity contribution >= 4 is 18.0 Å². The van der Waals surface area contributed by atoms with Gasteiger partial charge in [0.05, 0.1) is 11.3 Å². The molecule has 0 atom stereocenters. The molecule has 0 unspecified atom stereocenters. The van der Waals surface area contributed by atoms with E-state index in [0.717, 1.165) is 0 Å². The summed E-state index contributed by atoms with van der Waals surface area (Å²) < 4.78 is 0. The molecule has 0 aliphatic rings. The minimum atomic E-state index is -1.09. The molecule has 4 heteroatoms. The fraction of sp³-hybridized carbons (Fsp3) is 0. The highest BCUT2D eigenvalue weighted by Gasteiger charge is 2.16. The monoisotopic (exact) mass is 253 g/mol. The molecule has 4 nitrogen and oxygen atoms in total. The molecule has 0 heterocycles. The lowest BCUT2D eigenvalue weighted by atomic mass is 9.95. The van der Waals surface area contributed by atoms with Crippen LogP contribution >= 0.6 is 0 Å². The maximum absolute atomic E-state index is 11.1. The van der Waals surface area contributed by atoms with Crippen molar-refractivity contribution in [1.29, 1.82) is 5.41 Å². The lowest BCUT2D eigenvalue weighted by molar-refractivity contribution is 0.0696. The molecule has 2 rings (SSSR count). The number of carboxylic acids is 1. The van der Waals surface area contributed by atoms with E-state index in [9.17, 15) is 9.59 Å². The Balaban J connectivity index is 2.57. The van der Waals surface area contributed by atoms with Crippen LogP contribution in [-0.2, 0) is 0 Å². The fourth-order valence-electron chi connectivity index (χ4n) is 1.86. The number of nitrogens with one attached hydrogen (secondary N) is 1. The molecule has 0 aliphatic carbocycles. The van der Waals surface area contributed by atoms with Gasteiger partial charge in [-0.1, -0.05) is 42.5 Å². The number of aromatic carboxylic acids is 1. The molecule has 94 valence electrons. The van der Waals surface area contributed by atoms with E-state index in [4.69, 9.17) is 10.5 Å². The molecular formula is C15H11NO3. The van der Waals surface area contributed by atoms with Crippen LogP contribution in [0, 0.1) is 5.41 Å². The van der Waals surface area contributed by atoms with Crippen molar-refractivity contribution < 1.29 is 14.7 Å². The quantitative estimate of drug-likeness (QED) is 0.649. The van der Waals surface area contributed by atoms with Gasteiger partial charge in [-0.2, -0.15) is 0 Å². The molecule has 0 spiro atoms. The standard InChI is InChI=1S/C15H11NO3/c16-14(11-6-2-1-5-10(11)9-17)12-7-3-4-8-13(12)15(18)19/h1-9,16H,(H,18,19). The second-order valence-electron chi connectivity index (χ2n) is 3.93. The third kappa shape index (κ3) is 2.42. The Hall–Kier alpha value is -2.75. The lowest BCUT2D eigenvalue weighted by Gasteiger charge is -2.09. The number of rotatable bonds is 4. The van der Waals surface area contributed by atoms with Crippen molar-refractivity contribution in [1.82, 2.24) is 0 Å². The summed E-state index contributed by atoms with van der Waals surface area (Å²) in [6.07, 6.45) is 0.660. The number of hydrogen-bond acceptors (Lipinski definition) is 3. The molecule has 0 aliphatic heterocycles. The first-order valence-electron chi connectivity index (χ1n) is 5.61. The molecule has 0 amide bonds. The summed E-state index contributed by atoms with van der Waals surface area (Å²) in [5.74, 6) is -1.09. The smallest absolute Gasteiger partial charge is 0.336 e. The minimum Gasteiger partial charge on any atom is -0.478 e. The maximum atomic E-state index is 11.1. The molecule has 0 saturated carbocycles. The van der Waals surface area contributed by atoms with Gasteiger partial charge >= 0.3 is 5.97 Å². The Labute approximate surface area is 109 Å². The molecule has 2 aromatic rings. The maximum Gasteiger partial charge on any atom is 0.336 e. The minimum absolute atomic E-state index is 0.0284. The van der Waals surface area contributed by atoms with Crippen LogP contribution in [0.2, 0.25) is 0 Å². The van der Waals surface area contributed by atoms with Crippen LogP contribution in [0.15, 0.2) is 48.5 Å². The van der Waals surface area contributed by atoms with Crippen LogP contribution in [0.5, 0.6) is 0 Å². The number of carboxylic acid groups (broad SMARTS) is 1. The van der Waals surface area contributed by atoms with Gasteiger partial charge < -0.3 is 5.11 Å². The van der Waals surface area contributed by atoms with Crippen molar-refractivity contribution in [3.05, 3.63) is 70.8 Å². The number of carbonyl (C=O) groups excluding carboxylic acids is 1. The summed E-state index contributed by atoms with van der Waals surface area (Å²) >= 11 is 0. The van der Waals surface area contributed by atoms with Crippen molar-refractivity contribution in [2.75, 3.05) is 0 Å². The predicted molar refractivity (Wildman–Crippen MR) is 71.2 cm³/mol. The van der Waals surface area contributed by atoms with Crippen molar-refractivity contribution in [2.24, 2.45) is 0 Å². The highest BCUT2D eigenvalue weighted by atomic mass is 16.4. The van der Waals surface area contributed by atoms with E-state index in [1.807, 2.05) is 0 Å². The summed E-state index contributed by atoms with van der Waals surface area (Å²) in [6.45, 7) is 0. The van der Waals surface area contributed by atoms with Crippen LogP contribution in [0.4, 0.5) is 0 Å². The van der Waals surface area contributed by atoms with Gasteiger partial charge in [0.1, 0.15) is 0 Å². The molecule has 0 bridgehead atoms. The molecular weight excluding hydrogens is 242 g/mol. The first-order chi connectivity index (χ1) is 9.15. The first-order valence-corrected chi connectivity index (χ1v) is 5.61. The summed E-state index contributed by atoms with van der Waals surface area (Å²) in [5.41, 5.74) is 1.16. The van der Waals surface area contributed by atoms with Crippen LogP contribution in [0.25, 0.3) is 0 Å². The Bertz CT molecular complexity index is 662.